The van der Waals surface area contributed by atoms with Gasteiger partial charge < -0.3 is 4.90 Å². The smallest absolute Gasteiger partial charge is 0.0568 e. The lowest BCUT2D eigenvalue weighted by Gasteiger charge is -2.59. The largest absolute Gasteiger partial charge is 0.378 e. The van der Waals surface area contributed by atoms with Gasteiger partial charge in [-0.1, -0.05) is 38.8 Å². The molecule has 4 aliphatic rings. The van der Waals surface area contributed by atoms with Crippen LogP contribution in [0.2, 0.25) is 0 Å². The molecule has 3 heteroatoms. The van der Waals surface area contributed by atoms with Crippen molar-refractivity contribution in [2.45, 2.75) is 78.1 Å². The highest BCUT2D eigenvalue weighted by molar-refractivity contribution is 5.93. The maximum Gasteiger partial charge on any atom is 0.0568 e. The fraction of sp³-hybridized carbons (Fsp3) is 0.714. The van der Waals surface area contributed by atoms with Crippen LogP contribution >= 0.6 is 0 Å². The summed E-state index contributed by atoms with van der Waals surface area (Å²) in [4.78, 5) is 2.12. The first-order valence-corrected chi connectivity index (χ1v) is 12.8. The number of anilines is 1. The molecule has 6 atom stereocenters. The van der Waals surface area contributed by atoms with E-state index in [-0.39, 0.29) is 5.41 Å². The zero-order valence-corrected chi connectivity index (χ0v) is 20.1. The van der Waals surface area contributed by atoms with Crippen molar-refractivity contribution in [1.82, 2.24) is 0 Å². The molecule has 4 saturated carbocycles. The lowest BCUT2D eigenvalue weighted by molar-refractivity contribution is -0.0936. The number of hydrogen-bond acceptors (Lipinski definition) is 3. The van der Waals surface area contributed by atoms with Gasteiger partial charge in [0, 0.05) is 30.9 Å². The Morgan fingerprint density at radius 3 is 2.48 bits per heavy atom. The fourth-order valence-corrected chi connectivity index (χ4v) is 8.27. The summed E-state index contributed by atoms with van der Waals surface area (Å²) in [5, 5.41) is 9.41. The molecule has 0 radical (unpaired) electrons. The lowest BCUT2D eigenvalue weighted by atomic mass is 9.45. The van der Waals surface area contributed by atoms with Crippen LogP contribution in [0.1, 0.15) is 83.6 Å². The van der Waals surface area contributed by atoms with E-state index in [4.69, 9.17) is 5.10 Å². The van der Waals surface area contributed by atoms with Crippen LogP contribution in [0.15, 0.2) is 34.5 Å². The van der Waals surface area contributed by atoms with E-state index in [0.717, 1.165) is 35.7 Å². The van der Waals surface area contributed by atoms with E-state index in [9.17, 15) is 0 Å². The third kappa shape index (κ3) is 3.56. The van der Waals surface area contributed by atoms with Gasteiger partial charge in [0.15, 0.2) is 0 Å². The summed E-state index contributed by atoms with van der Waals surface area (Å²) in [5.41, 5.74) is 4.63. The second kappa shape index (κ2) is 8.05. The summed E-state index contributed by atoms with van der Waals surface area (Å²) in [6.45, 7) is 5.20. The number of hydrogen-bond donors (Lipinski definition) is 0. The standard InChI is InChI=1S/C28H41N3/c1-27-17-6-5-7-21(27)10-13-23-24-14-15-26(28(24,2)18-16-25(23)27)30-29-19-20-8-11-22(12-9-20)31(3)4/h8-9,11-12,19,21,23-25H,5-7,10,13-18H2,1-4H3/t21-,23+,24+,25+,27-,28+/m0/s1. The molecule has 1 aromatic rings. The van der Waals surface area contributed by atoms with Gasteiger partial charge in [-0.15, -0.1) is 0 Å². The predicted molar refractivity (Wildman–Crippen MR) is 132 cm³/mol. The van der Waals surface area contributed by atoms with Gasteiger partial charge in [0.1, 0.15) is 0 Å². The second-order valence-electron chi connectivity index (χ2n) is 11.7. The molecule has 5 rings (SSSR count). The Labute approximate surface area is 189 Å². The Morgan fingerprint density at radius 2 is 1.71 bits per heavy atom. The highest BCUT2D eigenvalue weighted by Gasteiger charge is 2.58. The molecule has 0 saturated heterocycles. The summed E-state index contributed by atoms with van der Waals surface area (Å²) in [6.07, 6.45) is 16.1. The number of fused-ring (bicyclic) bond motifs is 5. The van der Waals surface area contributed by atoms with Crippen LogP contribution in [0, 0.1) is 34.5 Å². The summed E-state index contributed by atoms with van der Waals surface area (Å²) in [6, 6.07) is 8.55. The summed E-state index contributed by atoms with van der Waals surface area (Å²) >= 11 is 0. The van der Waals surface area contributed by atoms with E-state index < -0.39 is 0 Å². The van der Waals surface area contributed by atoms with Crippen molar-refractivity contribution in [3.8, 4) is 0 Å². The van der Waals surface area contributed by atoms with E-state index >= 15 is 0 Å². The maximum atomic E-state index is 4.84. The highest BCUT2D eigenvalue weighted by atomic mass is 15.2. The van der Waals surface area contributed by atoms with E-state index in [2.05, 4.69) is 62.2 Å². The fourth-order valence-electron chi connectivity index (χ4n) is 8.27. The molecule has 0 heterocycles. The van der Waals surface area contributed by atoms with E-state index in [0.29, 0.717) is 5.41 Å². The van der Waals surface area contributed by atoms with Gasteiger partial charge >= 0.3 is 0 Å². The molecular weight excluding hydrogens is 378 g/mol. The Kier molecular flexibility index (Phi) is 5.51. The lowest BCUT2D eigenvalue weighted by Crippen LogP contribution is -2.52. The molecule has 0 N–H and O–H groups in total. The van der Waals surface area contributed by atoms with Crippen LogP contribution in [0.3, 0.4) is 0 Å². The first-order valence-electron chi connectivity index (χ1n) is 12.8. The van der Waals surface area contributed by atoms with E-state index in [1.54, 1.807) is 0 Å². The quantitative estimate of drug-likeness (QED) is 0.384. The summed E-state index contributed by atoms with van der Waals surface area (Å²) in [7, 11) is 4.14. The van der Waals surface area contributed by atoms with Gasteiger partial charge in [0.2, 0.25) is 0 Å². The van der Waals surface area contributed by atoms with Crippen molar-refractivity contribution >= 4 is 17.6 Å². The topological polar surface area (TPSA) is 28.0 Å². The molecule has 0 aromatic heterocycles. The normalized spacial score (nSPS) is 41.1. The molecule has 0 bridgehead atoms. The zero-order valence-electron chi connectivity index (χ0n) is 20.1. The first kappa shape index (κ1) is 21.2. The Morgan fingerprint density at radius 1 is 0.903 bits per heavy atom. The molecule has 0 spiro atoms. The van der Waals surface area contributed by atoms with Crippen LogP contribution < -0.4 is 4.90 Å². The molecule has 31 heavy (non-hydrogen) atoms. The zero-order chi connectivity index (χ0) is 21.6. The minimum atomic E-state index is 0.283. The predicted octanol–water partition coefficient (Wildman–Crippen LogP) is 6.96. The Hall–Kier alpha value is -1.64. The third-order valence-electron chi connectivity index (χ3n) is 10.1. The SMILES string of the molecule is CN(C)c1ccc(C=NN=C2CC[C@@H]3[C@H]4CC[C@@H]5CCCC[C@]5(C)[C@@H]4CC[C@@]23C)cc1. The van der Waals surface area contributed by atoms with Crippen LogP contribution in [0.25, 0.3) is 0 Å². The maximum absolute atomic E-state index is 4.84. The molecular formula is C28H41N3. The van der Waals surface area contributed by atoms with Crippen molar-refractivity contribution in [1.29, 1.82) is 0 Å². The van der Waals surface area contributed by atoms with Crippen molar-refractivity contribution in [3.05, 3.63) is 29.8 Å². The van der Waals surface area contributed by atoms with Gasteiger partial charge in [-0.2, -0.15) is 10.2 Å². The molecule has 4 aliphatic carbocycles. The van der Waals surface area contributed by atoms with Gasteiger partial charge in [-0.05, 0) is 98.1 Å². The van der Waals surface area contributed by atoms with Crippen LogP contribution in [-0.2, 0) is 0 Å². The Balaban J connectivity index is 1.32. The first-order chi connectivity index (χ1) is 14.9. The number of nitrogens with zero attached hydrogens (tertiary/aromatic N) is 3. The number of benzene rings is 1. The van der Waals surface area contributed by atoms with Gasteiger partial charge in [-0.3, -0.25) is 0 Å². The minimum absolute atomic E-state index is 0.283. The average molecular weight is 420 g/mol. The molecule has 1 aromatic carbocycles. The molecule has 3 nitrogen and oxygen atoms in total. The van der Waals surface area contributed by atoms with Crippen LogP contribution in [0.4, 0.5) is 5.69 Å². The van der Waals surface area contributed by atoms with Crippen molar-refractivity contribution in [3.63, 3.8) is 0 Å². The van der Waals surface area contributed by atoms with E-state index in [1.807, 2.05) is 6.21 Å². The van der Waals surface area contributed by atoms with Gasteiger partial charge in [0.05, 0.1) is 6.21 Å². The van der Waals surface area contributed by atoms with Crippen LogP contribution in [0.5, 0.6) is 0 Å². The van der Waals surface area contributed by atoms with Gasteiger partial charge in [-0.25, -0.2) is 0 Å². The van der Waals surface area contributed by atoms with Gasteiger partial charge in [0.25, 0.3) is 0 Å². The molecule has 0 unspecified atom stereocenters. The second-order valence-corrected chi connectivity index (χ2v) is 11.7. The highest BCUT2D eigenvalue weighted by Crippen LogP contribution is 2.65. The van der Waals surface area contributed by atoms with Crippen molar-refractivity contribution < 1.29 is 0 Å². The molecule has 0 aliphatic heterocycles. The minimum Gasteiger partial charge on any atom is -0.378 e. The average Bonchev–Trinajstić information content (AvgIpc) is 3.10. The van der Waals surface area contributed by atoms with Crippen molar-refractivity contribution in [2.24, 2.45) is 44.7 Å². The molecule has 4 fully saturated rings. The molecule has 0 amide bonds. The van der Waals surface area contributed by atoms with E-state index in [1.165, 1.54) is 69.2 Å². The summed E-state index contributed by atoms with van der Waals surface area (Å²) < 4.78 is 0. The monoisotopic (exact) mass is 419 g/mol. The third-order valence-corrected chi connectivity index (χ3v) is 10.1. The van der Waals surface area contributed by atoms with Crippen molar-refractivity contribution in [2.75, 3.05) is 19.0 Å². The number of rotatable bonds is 3. The van der Waals surface area contributed by atoms with Crippen LogP contribution in [-0.4, -0.2) is 26.0 Å². The summed E-state index contributed by atoms with van der Waals surface area (Å²) in [5.74, 6) is 3.72. The molecule has 168 valence electrons. The Bertz CT molecular complexity index is 854.